The number of nitrogens with zero attached hydrogens (tertiary/aromatic N) is 2. The van der Waals surface area contributed by atoms with Gasteiger partial charge in [-0.2, -0.15) is 13.2 Å². The molecule has 1 atom stereocenters. The van der Waals surface area contributed by atoms with E-state index in [1.807, 2.05) is 0 Å². The highest BCUT2D eigenvalue weighted by Crippen LogP contribution is 2.43. The van der Waals surface area contributed by atoms with E-state index in [1.165, 1.54) is 36.4 Å². The van der Waals surface area contributed by atoms with Crippen molar-refractivity contribution in [3.05, 3.63) is 111 Å². The van der Waals surface area contributed by atoms with Gasteiger partial charge in [-0.05, 0) is 23.8 Å². The largest absolute Gasteiger partial charge is 0.507 e. The molecule has 0 saturated carbocycles. The Bertz CT molecular complexity index is 1340. The minimum absolute atomic E-state index is 0.0725. The Hall–Kier alpha value is -4.47. The number of amides is 1. The molecule has 172 valence electrons. The van der Waals surface area contributed by atoms with Crippen molar-refractivity contribution < 1.29 is 32.8 Å². The SMILES string of the molecule is O=C1C(=O)N(c2cccc(C(F)(F)F)c2)C(c2cccc([N+](=O)[O-])c2)C1=C(O)c1ccccc1. The van der Waals surface area contributed by atoms with Gasteiger partial charge in [0.15, 0.2) is 0 Å². The number of halogens is 3. The quantitative estimate of drug-likeness (QED) is 0.186. The molecule has 1 aliphatic rings. The first-order valence-electron chi connectivity index (χ1n) is 9.87. The molecule has 1 N–H and O–H groups in total. The van der Waals surface area contributed by atoms with Crippen LogP contribution in [0, 0.1) is 10.1 Å². The van der Waals surface area contributed by atoms with Gasteiger partial charge < -0.3 is 5.11 Å². The Morgan fingerprint density at radius 3 is 2.26 bits per heavy atom. The van der Waals surface area contributed by atoms with E-state index >= 15 is 0 Å². The van der Waals surface area contributed by atoms with Crippen LogP contribution in [-0.4, -0.2) is 21.7 Å². The van der Waals surface area contributed by atoms with Gasteiger partial charge in [-0.1, -0.05) is 48.5 Å². The molecule has 1 fully saturated rings. The van der Waals surface area contributed by atoms with Crippen molar-refractivity contribution >= 4 is 28.8 Å². The number of nitro benzene ring substituents is 1. The van der Waals surface area contributed by atoms with Crippen molar-refractivity contribution in [3.8, 4) is 0 Å². The number of alkyl halides is 3. The van der Waals surface area contributed by atoms with Crippen LogP contribution in [-0.2, 0) is 15.8 Å². The normalized spacial score (nSPS) is 17.7. The molecular formula is C24H15F3N2O5. The van der Waals surface area contributed by atoms with E-state index in [0.717, 1.165) is 23.1 Å². The molecule has 3 aromatic carbocycles. The molecule has 1 unspecified atom stereocenters. The summed E-state index contributed by atoms with van der Waals surface area (Å²) in [5.41, 5.74) is -1.78. The number of carbonyl (C=O) groups excluding carboxylic acids is 2. The topological polar surface area (TPSA) is 101 Å². The summed E-state index contributed by atoms with van der Waals surface area (Å²) in [6, 6.07) is 15.2. The van der Waals surface area contributed by atoms with Crippen LogP contribution >= 0.6 is 0 Å². The first-order valence-corrected chi connectivity index (χ1v) is 9.87. The Balaban J connectivity index is 1.98. The Labute approximate surface area is 190 Å². The second-order valence-corrected chi connectivity index (χ2v) is 7.44. The molecule has 1 heterocycles. The van der Waals surface area contributed by atoms with Gasteiger partial charge in [-0.3, -0.25) is 24.6 Å². The number of aliphatic hydroxyl groups is 1. The fourth-order valence-corrected chi connectivity index (χ4v) is 3.81. The first kappa shape index (κ1) is 22.7. The van der Waals surface area contributed by atoms with Gasteiger partial charge in [0, 0.05) is 23.4 Å². The number of aliphatic hydroxyl groups excluding tert-OH is 1. The van der Waals surface area contributed by atoms with Gasteiger partial charge >= 0.3 is 6.18 Å². The number of ketones is 1. The molecule has 0 radical (unpaired) electrons. The standard InChI is InChI=1S/C24H15F3N2O5/c25-24(26,27)16-9-5-10-17(13-16)28-20(15-8-4-11-18(12-15)29(33)34)19(22(31)23(28)32)21(30)14-6-2-1-3-7-14/h1-13,20,30H. The summed E-state index contributed by atoms with van der Waals surface area (Å²) in [5.74, 6) is -2.85. The zero-order valence-corrected chi connectivity index (χ0v) is 17.2. The summed E-state index contributed by atoms with van der Waals surface area (Å²) in [6.07, 6.45) is -4.71. The maximum absolute atomic E-state index is 13.3. The zero-order chi connectivity index (χ0) is 24.6. The number of rotatable bonds is 4. The number of nitro groups is 1. The lowest BCUT2D eigenvalue weighted by atomic mass is 9.94. The van der Waals surface area contributed by atoms with Crippen LogP contribution in [0.15, 0.2) is 84.4 Å². The Morgan fingerprint density at radius 1 is 0.941 bits per heavy atom. The second-order valence-electron chi connectivity index (χ2n) is 7.44. The number of hydrogen-bond donors (Lipinski definition) is 1. The van der Waals surface area contributed by atoms with Crippen LogP contribution in [0.4, 0.5) is 24.5 Å². The zero-order valence-electron chi connectivity index (χ0n) is 17.2. The Morgan fingerprint density at radius 2 is 1.62 bits per heavy atom. The van der Waals surface area contributed by atoms with Crippen molar-refractivity contribution in [2.24, 2.45) is 0 Å². The van der Waals surface area contributed by atoms with E-state index in [0.29, 0.717) is 6.07 Å². The van der Waals surface area contributed by atoms with Crippen molar-refractivity contribution in [3.63, 3.8) is 0 Å². The molecular weight excluding hydrogens is 453 g/mol. The number of benzene rings is 3. The van der Waals surface area contributed by atoms with Crippen LogP contribution in [0.5, 0.6) is 0 Å². The minimum atomic E-state index is -4.71. The van der Waals surface area contributed by atoms with Crippen molar-refractivity contribution in [1.82, 2.24) is 0 Å². The Kier molecular flexibility index (Phi) is 5.66. The van der Waals surface area contributed by atoms with Gasteiger partial charge in [0.25, 0.3) is 17.4 Å². The predicted octanol–water partition coefficient (Wildman–Crippen LogP) is 5.24. The molecule has 3 aromatic rings. The van der Waals surface area contributed by atoms with Gasteiger partial charge in [0.1, 0.15) is 5.76 Å². The number of hydrogen-bond acceptors (Lipinski definition) is 5. The van der Waals surface area contributed by atoms with E-state index in [4.69, 9.17) is 0 Å². The smallest absolute Gasteiger partial charge is 0.416 e. The molecule has 1 aliphatic heterocycles. The molecule has 0 aliphatic carbocycles. The lowest BCUT2D eigenvalue weighted by molar-refractivity contribution is -0.384. The molecule has 7 nitrogen and oxygen atoms in total. The average molecular weight is 468 g/mol. The predicted molar refractivity (Wildman–Crippen MR) is 116 cm³/mol. The third-order valence-electron chi connectivity index (χ3n) is 5.34. The summed E-state index contributed by atoms with van der Waals surface area (Å²) < 4.78 is 40.0. The summed E-state index contributed by atoms with van der Waals surface area (Å²) in [6.45, 7) is 0. The van der Waals surface area contributed by atoms with Gasteiger partial charge in [-0.25, -0.2) is 0 Å². The van der Waals surface area contributed by atoms with E-state index < -0.39 is 45.7 Å². The highest BCUT2D eigenvalue weighted by Gasteiger charge is 2.47. The van der Waals surface area contributed by atoms with Crippen molar-refractivity contribution in [2.75, 3.05) is 4.90 Å². The lowest BCUT2D eigenvalue weighted by Crippen LogP contribution is -2.29. The van der Waals surface area contributed by atoms with Crippen LogP contribution in [0.3, 0.4) is 0 Å². The third kappa shape index (κ3) is 4.01. The minimum Gasteiger partial charge on any atom is -0.507 e. The van der Waals surface area contributed by atoms with E-state index in [-0.39, 0.29) is 22.5 Å². The molecule has 0 bridgehead atoms. The maximum Gasteiger partial charge on any atom is 0.416 e. The molecule has 4 rings (SSSR count). The molecule has 0 spiro atoms. The summed E-state index contributed by atoms with van der Waals surface area (Å²) in [4.78, 5) is 37.5. The average Bonchev–Trinajstić information content (AvgIpc) is 3.09. The highest BCUT2D eigenvalue weighted by molar-refractivity contribution is 6.51. The molecule has 10 heteroatoms. The number of carbonyl (C=O) groups is 2. The summed E-state index contributed by atoms with van der Waals surface area (Å²) >= 11 is 0. The monoisotopic (exact) mass is 468 g/mol. The second kappa shape index (κ2) is 8.47. The van der Waals surface area contributed by atoms with Gasteiger partial charge in [-0.15, -0.1) is 0 Å². The maximum atomic E-state index is 13.3. The van der Waals surface area contributed by atoms with Crippen LogP contribution < -0.4 is 4.90 Å². The number of anilines is 1. The lowest BCUT2D eigenvalue weighted by Gasteiger charge is -2.26. The molecule has 0 aromatic heterocycles. The van der Waals surface area contributed by atoms with Crippen LogP contribution in [0.25, 0.3) is 5.76 Å². The van der Waals surface area contributed by atoms with Crippen LogP contribution in [0.2, 0.25) is 0 Å². The van der Waals surface area contributed by atoms with Crippen molar-refractivity contribution in [2.45, 2.75) is 12.2 Å². The van der Waals surface area contributed by atoms with E-state index in [2.05, 4.69) is 0 Å². The van der Waals surface area contributed by atoms with E-state index in [9.17, 15) is 38.0 Å². The fourth-order valence-electron chi connectivity index (χ4n) is 3.81. The van der Waals surface area contributed by atoms with Gasteiger partial charge in [0.2, 0.25) is 0 Å². The number of Topliss-reactive ketones (excluding diaryl/α,β-unsaturated/α-hetero) is 1. The molecule has 34 heavy (non-hydrogen) atoms. The van der Waals surface area contributed by atoms with Gasteiger partial charge in [0.05, 0.1) is 22.1 Å². The summed E-state index contributed by atoms with van der Waals surface area (Å²) in [5, 5.41) is 22.2. The molecule has 1 amide bonds. The van der Waals surface area contributed by atoms with E-state index in [1.54, 1.807) is 18.2 Å². The third-order valence-corrected chi connectivity index (χ3v) is 5.34. The fraction of sp³-hybridized carbons (Fsp3) is 0.0833. The molecule has 1 saturated heterocycles. The van der Waals surface area contributed by atoms with Crippen LogP contribution in [0.1, 0.15) is 22.7 Å². The van der Waals surface area contributed by atoms with Crippen molar-refractivity contribution in [1.29, 1.82) is 0 Å². The summed E-state index contributed by atoms with van der Waals surface area (Å²) in [7, 11) is 0. The highest BCUT2D eigenvalue weighted by atomic mass is 19.4. The first-order chi connectivity index (χ1) is 16.1. The number of non-ortho nitro benzene ring substituents is 1.